The highest BCUT2D eigenvalue weighted by atomic mass is 16.5. The van der Waals surface area contributed by atoms with Crippen LogP contribution in [0.1, 0.15) is 55.5 Å². The predicted octanol–water partition coefficient (Wildman–Crippen LogP) is 4.59. The van der Waals surface area contributed by atoms with E-state index in [0.29, 0.717) is 23.5 Å². The van der Waals surface area contributed by atoms with Crippen molar-refractivity contribution in [2.75, 3.05) is 27.3 Å². The third-order valence-electron chi connectivity index (χ3n) is 6.91. The summed E-state index contributed by atoms with van der Waals surface area (Å²) >= 11 is 0. The standard InChI is InChI=1S/C26H30N4O3/c1-32-22-10-8-18(17-23(22)33-2)9-11-24(31)29-15-12-20(13-16-29)30-25(19-5-3-6-19)28-21-7-4-14-27-26(21)30/h4,7-11,14,17,19-20H,3,5-6,12-13,15-16H2,1-2H3/b11-9+. The van der Waals surface area contributed by atoms with Crippen LogP contribution in [0.15, 0.2) is 42.6 Å². The lowest BCUT2D eigenvalue weighted by Crippen LogP contribution is -2.38. The second-order valence-electron chi connectivity index (χ2n) is 8.82. The number of imidazole rings is 1. The maximum absolute atomic E-state index is 12.8. The van der Waals surface area contributed by atoms with Gasteiger partial charge >= 0.3 is 0 Å². The summed E-state index contributed by atoms with van der Waals surface area (Å²) in [6.07, 6.45) is 10.9. The monoisotopic (exact) mass is 446 g/mol. The summed E-state index contributed by atoms with van der Waals surface area (Å²) in [5.41, 5.74) is 2.87. The van der Waals surface area contributed by atoms with Crippen molar-refractivity contribution in [2.45, 2.75) is 44.1 Å². The zero-order valence-electron chi connectivity index (χ0n) is 19.2. The molecule has 2 aromatic heterocycles. The van der Waals surface area contributed by atoms with Crippen molar-refractivity contribution < 1.29 is 14.3 Å². The van der Waals surface area contributed by atoms with E-state index in [4.69, 9.17) is 14.5 Å². The van der Waals surface area contributed by atoms with Crippen LogP contribution in [0.2, 0.25) is 0 Å². The lowest BCUT2D eigenvalue weighted by molar-refractivity contribution is -0.127. The van der Waals surface area contributed by atoms with E-state index in [9.17, 15) is 4.79 Å². The predicted molar refractivity (Wildman–Crippen MR) is 128 cm³/mol. The smallest absolute Gasteiger partial charge is 0.246 e. The van der Waals surface area contributed by atoms with Gasteiger partial charge in [0.25, 0.3) is 0 Å². The number of fused-ring (bicyclic) bond motifs is 1. The molecular weight excluding hydrogens is 416 g/mol. The highest BCUT2D eigenvalue weighted by Crippen LogP contribution is 2.39. The maximum Gasteiger partial charge on any atom is 0.246 e. The molecule has 1 aliphatic heterocycles. The molecule has 0 radical (unpaired) electrons. The average Bonchev–Trinajstić information content (AvgIpc) is 3.19. The number of aromatic nitrogens is 3. The van der Waals surface area contributed by atoms with E-state index in [0.717, 1.165) is 42.7 Å². The number of ether oxygens (including phenoxy) is 2. The van der Waals surface area contributed by atoms with Crippen LogP contribution in [0.3, 0.4) is 0 Å². The molecule has 0 bridgehead atoms. The Morgan fingerprint density at radius 2 is 1.85 bits per heavy atom. The van der Waals surface area contributed by atoms with Gasteiger partial charge < -0.3 is 18.9 Å². The van der Waals surface area contributed by atoms with Gasteiger partial charge in [-0.15, -0.1) is 0 Å². The molecule has 2 aliphatic rings. The Kier molecular flexibility index (Phi) is 6.03. The number of pyridine rings is 1. The van der Waals surface area contributed by atoms with E-state index in [-0.39, 0.29) is 5.91 Å². The zero-order valence-corrected chi connectivity index (χ0v) is 19.2. The largest absolute Gasteiger partial charge is 0.493 e. The van der Waals surface area contributed by atoms with E-state index in [1.165, 1.54) is 25.1 Å². The van der Waals surface area contributed by atoms with Crippen molar-refractivity contribution in [3.05, 3.63) is 54.0 Å². The Morgan fingerprint density at radius 1 is 1.06 bits per heavy atom. The summed E-state index contributed by atoms with van der Waals surface area (Å²) in [6.45, 7) is 1.47. The van der Waals surface area contributed by atoms with Gasteiger partial charge in [-0.3, -0.25) is 4.79 Å². The Balaban J connectivity index is 1.27. The first-order chi connectivity index (χ1) is 16.2. The Hall–Kier alpha value is -3.35. The van der Waals surface area contributed by atoms with Crippen molar-refractivity contribution in [1.82, 2.24) is 19.4 Å². The fourth-order valence-corrected chi connectivity index (χ4v) is 4.84. The van der Waals surface area contributed by atoms with E-state index < -0.39 is 0 Å². The molecule has 7 nitrogen and oxygen atoms in total. The van der Waals surface area contributed by atoms with E-state index >= 15 is 0 Å². The van der Waals surface area contributed by atoms with Gasteiger partial charge in [0.2, 0.25) is 5.91 Å². The molecule has 0 unspecified atom stereocenters. The van der Waals surface area contributed by atoms with Gasteiger partial charge in [0.15, 0.2) is 17.1 Å². The van der Waals surface area contributed by atoms with Crippen LogP contribution in [0.4, 0.5) is 0 Å². The Morgan fingerprint density at radius 3 is 2.55 bits per heavy atom. The summed E-state index contributed by atoms with van der Waals surface area (Å²) < 4.78 is 13.0. The zero-order chi connectivity index (χ0) is 22.8. The number of carbonyl (C=O) groups excluding carboxylic acids is 1. The van der Waals surface area contributed by atoms with Crippen molar-refractivity contribution in [3.63, 3.8) is 0 Å². The van der Waals surface area contributed by atoms with Crippen LogP contribution in [-0.2, 0) is 4.79 Å². The van der Waals surface area contributed by atoms with Crippen LogP contribution in [0.25, 0.3) is 17.2 Å². The van der Waals surface area contributed by atoms with Crippen LogP contribution < -0.4 is 9.47 Å². The molecule has 33 heavy (non-hydrogen) atoms. The summed E-state index contributed by atoms with van der Waals surface area (Å²) in [4.78, 5) is 24.4. The highest BCUT2D eigenvalue weighted by molar-refractivity contribution is 5.92. The lowest BCUT2D eigenvalue weighted by atomic mass is 9.84. The van der Waals surface area contributed by atoms with Crippen molar-refractivity contribution in [3.8, 4) is 11.5 Å². The Labute approximate surface area is 194 Å². The number of nitrogens with zero attached hydrogens (tertiary/aromatic N) is 4. The van der Waals surface area contributed by atoms with E-state index in [1.54, 1.807) is 20.3 Å². The summed E-state index contributed by atoms with van der Waals surface area (Å²) in [5.74, 6) is 3.09. The number of methoxy groups -OCH3 is 2. The molecule has 1 aliphatic carbocycles. The summed E-state index contributed by atoms with van der Waals surface area (Å²) in [5, 5.41) is 0. The first kappa shape index (κ1) is 21.5. The van der Waals surface area contributed by atoms with Crippen molar-refractivity contribution in [2.24, 2.45) is 0 Å². The number of benzene rings is 1. The number of hydrogen-bond donors (Lipinski definition) is 0. The van der Waals surface area contributed by atoms with E-state index in [1.807, 2.05) is 41.4 Å². The quantitative estimate of drug-likeness (QED) is 0.518. The van der Waals surface area contributed by atoms with Crippen molar-refractivity contribution in [1.29, 1.82) is 0 Å². The van der Waals surface area contributed by atoms with Gasteiger partial charge in [-0.05, 0) is 61.6 Å². The topological polar surface area (TPSA) is 69.5 Å². The fourth-order valence-electron chi connectivity index (χ4n) is 4.84. The molecule has 1 amide bonds. The first-order valence-corrected chi connectivity index (χ1v) is 11.7. The minimum Gasteiger partial charge on any atom is -0.493 e. The highest BCUT2D eigenvalue weighted by Gasteiger charge is 2.31. The van der Waals surface area contributed by atoms with Crippen LogP contribution in [0, 0.1) is 0 Å². The molecule has 7 heteroatoms. The molecule has 0 N–H and O–H groups in total. The molecule has 0 atom stereocenters. The second kappa shape index (κ2) is 9.25. The molecular formula is C26H30N4O3. The Bertz CT molecular complexity index is 1170. The molecule has 2 fully saturated rings. The molecule has 1 saturated carbocycles. The maximum atomic E-state index is 12.8. The lowest BCUT2D eigenvalue weighted by Gasteiger charge is -2.34. The van der Waals surface area contributed by atoms with Crippen molar-refractivity contribution >= 4 is 23.1 Å². The van der Waals surface area contributed by atoms with Gasteiger partial charge in [0, 0.05) is 37.3 Å². The third-order valence-corrected chi connectivity index (χ3v) is 6.91. The average molecular weight is 447 g/mol. The second-order valence-corrected chi connectivity index (χ2v) is 8.82. The minimum absolute atomic E-state index is 0.0380. The summed E-state index contributed by atoms with van der Waals surface area (Å²) in [7, 11) is 3.22. The number of hydrogen-bond acceptors (Lipinski definition) is 5. The molecule has 1 saturated heterocycles. The minimum atomic E-state index is 0.0380. The fraction of sp³-hybridized carbons (Fsp3) is 0.423. The van der Waals surface area contributed by atoms with E-state index in [2.05, 4.69) is 15.6 Å². The number of piperidine rings is 1. The van der Waals surface area contributed by atoms with Crippen LogP contribution >= 0.6 is 0 Å². The number of amides is 1. The number of likely N-dealkylation sites (tertiary alicyclic amines) is 1. The molecule has 3 heterocycles. The molecule has 5 rings (SSSR count). The number of rotatable bonds is 6. The normalized spacial score (nSPS) is 17.5. The molecule has 0 spiro atoms. The first-order valence-electron chi connectivity index (χ1n) is 11.7. The summed E-state index contributed by atoms with van der Waals surface area (Å²) in [6, 6.07) is 9.97. The van der Waals surface area contributed by atoms with Gasteiger partial charge in [-0.2, -0.15) is 0 Å². The van der Waals surface area contributed by atoms with Gasteiger partial charge in [0.05, 0.1) is 14.2 Å². The van der Waals surface area contributed by atoms with Gasteiger partial charge in [-0.25, -0.2) is 9.97 Å². The van der Waals surface area contributed by atoms with Gasteiger partial charge in [-0.1, -0.05) is 12.5 Å². The number of carbonyl (C=O) groups is 1. The van der Waals surface area contributed by atoms with Crippen LogP contribution in [0.5, 0.6) is 11.5 Å². The van der Waals surface area contributed by atoms with Crippen LogP contribution in [-0.4, -0.2) is 52.7 Å². The van der Waals surface area contributed by atoms with Gasteiger partial charge in [0.1, 0.15) is 11.3 Å². The SMILES string of the molecule is COc1ccc(/C=C/C(=O)N2CCC(n3c(C4CCC4)nc4cccnc43)CC2)cc1OC. The third kappa shape index (κ3) is 4.19. The molecule has 1 aromatic carbocycles. The molecule has 172 valence electrons. The molecule has 3 aromatic rings.